The first-order valence-electron chi connectivity index (χ1n) is 8.83. The molecule has 3 atom stereocenters. The third kappa shape index (κ3) is 3.07. The van der Waals surface area contributed by atoms with Gasteiger partial charge in [0.25, 0.3) is 5.91 Å². The molecule has 29 heavy (non-hydrogen) atoms. The molecule has 1 aromatic carbocycles. The first kappa shape index (κ1) is 19.7. The number of carboxylic acid groups (broad SMARTS) is 1. The molecule has 1 saturated heterocycles. The molecule has 0 spiro atoms. The number of nitrogens with zero attached hydrogens (tertiary/aromatic N) is 1. The zero-order valence-electron chi connectivity index (χ0n) is 15.7. The van der Waals surface area contributed by atoms with E-state index in [0.717, 1.165) is 10.1 Å². The summed E-state index contributed by atoms with van der Waals surface area (Å²) >= 11 is 2.92. The zero-order valence-corrected chi connectivity index (χ0v) is 17.3. The van der Waals surface area contributed by atoms with Gasteiger partial charge in [0, 0.05) is 11.1 Å². The van der Waals surface area contributed by atoms with E-state index in [-0.39, 0.29) is 5.70 Å². The molecule has 1 unspecified atom stereocenters. The smallest absolute Gasteiger partial charge is 0.352 e. The SMILES string of the molecule is COc1ccc(C(N)C(=O)N[C@@H]2C(=O)N3C(C(=O)O)=C(C)CS[C@@H]23)c2ccsc12. The lowest BCUT2D eigenvalue weighted by Gasteiger charge is -2.49. The van der Waals surface area contributed by atoms with E-state index < -0.39 is 35.2 Å². The summed E-state index contributed by atoms with van der Waals surface area (Å²) in [6, 6.07) is 3.63. The van der Waals surface area contributed by atoms with E-state index >= 15 is 0 Å². The Balaban J connectivity index is 1.53. The number of aliphatic carboxylic acids is 1. The van der Waals surface area contributed by atoms with Gasteiger partial charge in [-0.05, 0) is 35.6 Å². The Morgan fingerprint density at radius 3 is 2.83 bits per heavy atom. The van der Waals surface area contributed by atoms with Gasteiger partial charge >= 0.3 is 5.97 Å². The van der Waals surface area contributed by atoms with Crippen LogP contribution in [0.25, 0.3) is 10.1 Å². The fourth-order valence-corrected chi connectivity index (χ4v) is 5.86. The maximum atomic E-state index is 12.8. The maximum absolute atomic E-state index is 12.8. The molecule has 152 valence electrons. The second-order valence-electron chi connectivity index (χ2n) is 6.83. The van der Waals surface area contributed by atoms with Crippen molar-refractivity contribution in [1.29, 1.82) is 0 Å². The number of thiophene rings is 1. The van der Waals surface area contributed by atoms with Crippen molar-refractivity contribution < 1.29 is 24.2 Å². The van der Waals surface area contributed by atoms with Gasteiger partial charge in [-0.3, -0.25) is 14.5 Å². The van der Waals surface area contributed by atoms with E-state index in [1.807, 2.05) is 11.4 Å². The number of hydrogen-bond acceptors (Lipinski definition) is 7. The van der Waals surface area contributed by atoms with Crippen molar-refractivity contribution in [2.45, 2.75) is 24.4 Å². The summed E-state index contributed by atoms with van der Waals surface area (Å²) in [5.41, 5.74) is 7.48. The number of amides is 2. The van der Waals surface area contributed by atoms with Crippen molar-refractivity contribution in [2.75, 3.05) is 12.9 Å². The van der Waals surface area contributed by atoms with Crippen LogP contribution in [0.4, 0.5) is 0 Å². The largest absolute Gasteiger partial charge is 0.495 e. The predicted octanol–water partition coefficient (Wildman–Crippen LogP) is 1.67. The number of rotatable bonds is 5. The topological polar surface area (TPSA) is 122 Å². The van der Waals surface area contributed by atoms with Crippen LogP contribution >= 0.6 is 23.1 Å². The van der Waals surface area contributed by atoms with Gasteiger partial charge in [0.1, 0.15) is 28.9 Å². The third-order valence-corrected chi connectivity index (χ3v) is 7.46. The lowest BCUT2D eigenvalue weighted by Crippen LogP contribution is -2.71. The van der Waals surface area contributed by atoms with E-state index in [2.05, 4.69) is 5.32 Å². The van der Waals surface area contributed by atoms with Gasteiger partial charge in [0.15, 0.2) is 0 Å². The summed E-state index contributed by atoms with van der Waals surface area (Å²) in [6.45, 7) is 1.69. The van der Waals surface area contributed by atoms with Crippen LogP contribution in [0.5, 0.6) is 5.75 Å². The molecule has 1 aromatic heterocycles. The van der Waals surface area contributed by atoms with Gasteiger partial charge < -0.3 is 20.9 Å². The van der Waals surface area contributed by atoms with Gasteiger partial charge in [-0.2, -0.15) is 0 Å². The van der Waals surface area contributed by atoms with Crippen molar-refractivity contribution in [3.05, 3.63) is 40.4 Å². The Hall–Kier alpha value is -2.56. The summed E-state index contributed by atoms with van der Waals surface area (Å²) in [5.74, 6) is -0.860. The van der Waals surface area contributed by atoms with Crippen LogP contribution in [-0.2, 0) is 14.4 Å². The average molecular weight is 434 g/mol. The number of carbonyl (C=O) groups is 3. The van der Waals surface area contributed by atoms with Crippen LogP contribution in [0.1, 0.15) is 18.5 Å². The van der Waals surface area contributed by atoms with E-state index in [1.54, 1.807) is 26.2 Å². The zero-order chi connectivity index (χ0) is 20.9. The number of benzene rings is 1. The monoisotopic (exact) mass is 433 g/mol. The van der Waals surface area contributed by atoms with Crippen LogP contribution in [0.3, 0.4) is 0 Å². The fraction of sp³-hybridized carbons (Fsp3) is 0.316. The Kier molecular flexibility index (Phi) is 5.01. The molecule has 2 aliphatic rings. The number of fused-ring (bicyclic) bond motifs is 2. The van der Waals surface area contributed by atoms with Crippen LogP contribution < -0.4 is 15.8 Å². The third-order valence-electron chi connectivity index (χ3n) is 5.11. The number of nitrogens with one attached hydrogen (secondary N) is 1. The molecule has 1 fully saturated rings. The first-order valence-corrected chi connectivity index (χ1v) is 10.8. The molecule has 3 heterocycles. The summed E-state index contributed by atoms with van der Waals surface area (Å²) < 4.78 is 6.24. The molecule has 0 saturated carbocycles. The van der Waals surface area contributed by atoms with Crippen molar-refractivity contribution in [1.82, 2.24) is 10.2 Å². The van der Waals surface area contributed by atoms with Crippen LogP contribution in [-0.4, -0.2) is 52.1 Å². The Labute approximate surface area is 174 Å². The van der Waals surface area contributed by atoms with Crippen molar-refractivity contribution in [3.63, 3.8) is 0 Å². The summed E-state index contributed by atoms with van der Waals surface area (Å²) in [7, 11) is 1.58. The highest BCUT2D eigenvalue weighted by molar-refractivity contribution is 8.00. The highest BCUT2D eigenvalue weighted by Gasteiger charge is 2.54. The Morgan fingerprint density at radius 1 is 1.38 bits per heavy atom. The standard InChI is InChI=1S/C19H19N3O5S2/c1-8-7-29-18-13(17(24)22(18)14(8)19(25)26)21-16(23)12(20)9-3-4-11(27-2)15-10(9)5-6-28-15/h3-6,12-13,18H,7,20H2,1-2H3,(H,21,23)(H,25,26)/t12?,13-,18+/m1/s1. The lowest BCUT2D eigenvalue weighted by molar-refractivity contribution is -0.150. The molecular formula is C19H19N3O5S2. The first-order chi connectivity index (χ1) is 13.8. The van der Waals surface area contributed by atoms with E-state index in [9.17, 15) is 19.5 Å². The second kappa shape index (κ2) is 7.36. The van der Waals surface area contributed by atoms with Crippen molar-refractivity contribution in [3.8, 4) is 5.75 Å². The Morgan fingerprint density at radius 2 is 2.14 bits per heavy atom. The second-order valence-corrected chi connectivity index (χ2v) is 8.85. The maximum Gasteiger partial charge on any atom is 0.352 e. The molecular weight excluding hydrogens is 414 g/mol. The number of nitrogens with two attached hydrogens (primary N) is 1. The van der Waals surface area contributed by atoms with Gasteiger partial charge in [-0.15, -0.1) is 23.1 Å². The van der Waals surface area contributed by atoms with E-state index in [4.69, 9.17) is 10.5 Å². The molecule has 2 aromatic rings. The predicted molar refractivity (Wildman–Crippen MR) is 111 cm³/mol. The summed E-state index contributed by atoms with van der Waals surface area (Å²) in [6.07, 6.45) is 0. The van der Waals surface area contributed by atoms with Crippen molar-refractivity contribution >= 4 is 51.0 Å². The number of hydrogen-bond donors (Lipinski definition) is 3. The summed E-state index contributed by atoms with van der Waals surface area (Å²) in [5, 5.41) is 14.4. The minimum Gasteiger partial charge on any atom is -0.495 e. The number of methoxy groups -OCH3 is 1. The van der Waals surface area contributed by atoms with Crippen LogP contribution in [0.2, 0.25) is 0 Å². The Bertz CT molecular complexity index is 1060. The van der Waals surface area contributed by atoms with E-state index in [0.29, 0.717) is 22.6 Å². The highest BCUT2D eigenvalue weighted by Crippen LogP contribution is 2.40. The molecule has 2 aliphatic heterocycles. The summed E-state index contributed by atoms with van der Waals surface area (Å²) in [4.78, 5) is 38.1. The molecule has 10 heteroatoms. The number of β-lactam (4-membered cyclic amide) rings is 1. The van der Waals surface area contributed by atoms with E-state index in [1.165, 1.54) is 28.0 Å². The fourth-order valence-electron chi connectivity index (χ4n) is 3.65. The lowest BCUT2D eigenvalue weighted by atomic mass is 10.00. The number of ether oxygens (including phenoxy) is 1. The minimum absolute atomic E-state index is 0.00341. The molecule has 8 nitrogen and oxygen atoms in total. The minimum atomic E-state index is -1.14. The van der Waals surface area contributed by atoms with Crippen LogP contribution in [0, 0.1) is 0 Å². The van der Waals surface area contributed by atoms with Gasteiger partial charge in [0.05, 0.1) is 11.8 Å². The normalized spacial score (nSPS) is 22.2. The molecule has 2 amide bonds. The molecule has 4 rings (SSSR count). The molecule has 0 aliphatic carbocycles. The van der Waals surface area contributed by atoms with Gasteiger partial charge in [-0.25, -0.2) is 4.79 Å². The quantitative estimate of drug-likeness (QED) is 0.613. The number of thioether (sulfide) groups is 1. The average Bonchev–Trinajstić information content (AvgIpc) is 3.20. The highest BCUT2D eigenvalue weighted by atomic mass is 32.2. The number of carboxylic acids is 1. The van der Waals surface area contributed by atoms with Gasteiger partial charge in [0.2, 0.25) is 5.91 Å². The molecule has 4 N–H and O–H groups in total. The van der Waals surface area contributed by atoms with Gasteiger partial charge in [-0.1, -0.05) is 6.07 Å². The molecule has 0 radical (unpaired) electrons. The molecule has 0 bridgehead atoms. The van der Waals surface area contributed by atoms with Crippen LogP contribution in [0.15, 0.2) is 34.8 Å². The number of carbonyl (C=O) groups excluding carboxylic acids is 2. The van der Waals surface area contributed by atoms with Crippen molar-refractivity contribution in [2.24, 2.45) is 5.73 Å².